The van der Waals surface area contributed by atoms with E-state index >= 15 is 0 Å². The van der Waals surface area contributed by atoms with Crippen molar-refractivity contribution >= 4 is 0 Å². The molecule has 1 fully saturated rings. The molecule has 1 N–H and O–H groups in total. The van der Waals surface area contributed by atoms with E-state index in [9.17, 15) is 0 Å². The molecule has 1 aliphatic rings. The van der Waals surface area contributed by atoms with Gasteiger partial charge in [0, 0.05) is 18.0 Å². The van der Waals surface area contributed by atoms with Crippen LogP contribution < -0.4 is 5.32 Å². The summed E-state index contributed by atoms with van der Waals surface area (Å²) in [5.41, 5.74) is 3.56. The third-order valence-corrected chi connectivity index (χ3v) is 3.50. The minimum atomic E-state index is 0.343. The highest BCUT2D eigenvalue weighted by Gasteiger charge is 2.18. The van der Waals surface area contributed by atoms with Crippen LogP contribution >= 0.6 is 0 Å². The lowest BCUT2D eigenvalue weighted by Crippen LogP contribution is -2.15. The van der Waals surface area contributed by atoms with Crippen molar-refractivity contribution in [2.45, 2.75) is 25.8 Å². The number of benzene rings is 1. The Morgan fingerprint density at radius 2 is 1.94 bits per heavy atom. The molecule has 0 spiro atoms. The monoisotopic (exact) mass is 239 g/mol. The third-order valence-electron chi connectivity index (χ3n) is 3.50. The first-order valence-electron chi connectivity index (χ1n) is 6.46. The van der Waals surface area contributed by atoms with Crippen LogP contribution in [0.2, 0.25) is 0 Å². The molecule has 0 aliphatic carbocycles. The lowest BCUT2D eigenvalue weighted by molar-refractivity contribution is 0.605. The lowest BCUT2D eigenvalue weighted by atomic mass is 10.0. The molecule has 1 atom stereocenters. The van der Waals surface area contributed by atoms with Crippen molar-refractivity contribution in [3.63, 3.8) is 0 Å². The predicted molar refractivity (Wildman–Crippen MR) is 72.2 cm³/mol. The maximum absolute atomic E-state index is 4.50. The fourth-order valence-corrected chi connectivity index (χ4v) is 2.46. The first-order valence-corrected chi connectivity index (χ1v) is 6.46. The van der Waals surface area contributed by atoms with Gasteiger partial charge < -0.3 is 5.32 Å². The number of hydrogen-bond donors (Lipinski definition) is 1. The van der Waals surface area contributed by atoms with E-state index in [2.05, 4.69) is 46.5 Å². The van der Waals surface area contributed by atoms with Crippen LogP contribution in [0.15, 0.2) is 36.7 Å². The Bertz CT molecular complexity index is 528. The summed E-state index contributed by atoms with van der Waals surface area (Å²) < 4.78 is 0. The topological polar surface area (TPSA) is 37.8 Å². The summed E-state index contributed by atoms with van der Waals surface area (Å²) in [5.74, 6) is 0.921. The van der Waals surface area contributed by atoms with Crippen LogP contribution in [-0.2, 0) is 0 Å². The maximum Gasteiger partial charge on any atom is 0.145 e. The molecule has 0 bridgehead atoms. The van der Waals surface area contributed by atoms with E-state index < -0.39 is 0 Å². The van der Waals surface area contributed by atoms with Crippen LogP contribution in [0.3, 0.4) is 0 Å². The highest BCUT2D eigenvalue weighted by molar-refractivity contribution is 5.65. The Morgan fingerprint density at radius 1 is 1.17 bits per heavy atom. The molecule has 0 saturated carbocycles. The summed E-state index contributed by atoms with van der Waals surface area (Å²) in [5, 5.41) is 3.42. The number of aryl methyl sites for hydroxylation is 1. The van der Waals surface area contributed by atoms with Gasteiger partial charge in [0.1, 0.15) is 5.82 Å². The summed E-state index contributed by atoms with van der Waals surface area (Å²) in [7, 11) is 0. The van der Waals surface area contributed by atoms with Crippen LogP contribution in [-0.4, -0.2) is 16.5 Å². The molecule has 0 radical (unpaired) electrons. The van der Waals surface area contributed by atoms with Gasteiger partial charge >= 0.3 is 0 Å². The van der Waals surface area contributed by atoms with Gasteiger partial charge in [-0.2, -0.15) is 0 Å². The minimum absolute atomic E-state index is 0.343. The van der Waals surface area contributed by atoms with Gasteiger partial charge in [-0.05, 0) is 37.4 Å². The van der Waals surface area contributed by atoms with Crippen molar-refractivity contribution in [2.24, 2.45) is 0 Å². The maximum atomic E-state index is 4.50. The van der Waals surface area contributed by atoms with Crippen LogP contribution in [0.5, 0.6) is 0 Å². The molecular weight excluding hydrogens is 222 g/mol. The Kier molecular flexibility index (Phi) is 3.07. The second-order valence-corrected chi connectivity index (χ2v) is 4.79. The summed E-state index contributed by atoms with van der Waals surface area (Å²) in [6, 6.07) is 8.67. The van der Waals surface area contributed by atoms with Crippen molar-refractivity contribution in [2.75, 3.05) is 6.54 Å². The zero-order valence-electron chi connectivity index (χ0n) is 10.6. The van der Waals surface area contributed by atoms with Gasteiger partial charge in [-0.25, -0.2) is 9.97 Å². The summed E-state index contributed by atoms with van der Waals surface area (Å²) in [6.45, 7) is 3.19. The molecular formula is C15H17N3. The molecule has 1 aromatic carbocycles. The Labute approximate surface area is 107 Å². The van der Waals surface area contributed by atoms with Crippen LogP contribution in [0.1, 0.15) is 30.3 Å². The second kappa shape index (κ2) is 4.86. The van der Waals surface area contributed by atoms with E-state index in [1.54, 1.807) is 0 Å². The molecule has 0 amide bonds. The van der Waals surface area contributed by atoms with Gasteiger partial charge in [-0.1, -0.05) is 24.3 Å². The van der Waals surface area contributed by atoms with Gasteiger partial charge in [0.15, 0.2) is 0 Å². The van der Waals surface area contributed by atoms with Gasteiger partial charge in [0.05, 0.1) is 6.04 Å². The standard InChI is InChI=1S/C15H17N3/c1-11-5-2-3-6-13(11)12-9-17-15(18-10-12)14-7-4-8-16-14/h2-3,5-6,9-10,14,16H,4,7-8H2,1H3. The first kappa shape index (κ1) is 11.4. The minimum Gasteiger partial charge on any atom is -0.307 e. The Hall–Kier alpha value is -1.74. The van der Waals surface area contributed by atoms with Gasteiger partial charge in [-0.15, -0.1) is 0 Å². The van der Waals surface area contributed by atoms with Crippen LogP contribution in [0.4, 0.5) is 0 Å². The molecule has 1 aliphatic heterocycles. The zero-order valence-corrected chi connectivity index (χ0v) is 10.6. The van der Waals surface area contributed by atoms with E-state index in [1.165, 1.54) is 17.5 Å². The molecule has 2 heterocycles. The number of nitrogens with zero attached hydrogens (tertiary/aromatic N) is 2. The molecule has 3 heteroatoms. The highest BCUT2D eigenvalue weighted by atomic mass is 15.0. The van der Waals surface area contributed by atoms with Crippen molar-refractivity contribution < 1.29 is 0 Å². The zero-order chi connectivity index (χ0) is 12.4. The first-order chi connectivity index (χ1) is 8.84. The average molecular weight is 239 g/mol. The highest BCUT2D eigenvalue weighted by Crippen LogP contribution is 2.24. The van der Waals surface area contributed by atoms with E-state index in [0.717, 1.165) is 24.4 Å². The number of hydrogen-bond acceptors (Lipinski definition) is 3. The smallest absolute Gasteiger partial charge is 0.145 e. The fraction of sp³-hybridized carbons (Fsp3) is 0.333. The van der Waals surface area contributed by atoms with Crippen molar-refractivity contribution in [1.82, 2.24) is 15.3 Å². The summed E-state index contributed by atoms with van der Waals surface area (Å²) in [4.78, 5) is 9.01. The van der Waals surface area contributed by atoms with Gasteiger partial charge in [0.2, 0.25) is 0 Å². The molecule has 92 valence electrons. The molecule has 1 unspecified atom stereocenters. The van der Waals surface area contributed by atoms with Gasteiger partial charge in [-0.3, -0.25) is 0 Å². The third kappa shape index (κ3) is 2.14. The normalized spacial score (nSPS) is 19.1. The molecule has 3 rings (SSSR count). The van der Waals surface area contributed by atoms with Gasteiger partial charge in [0.25, 0.3) is 0 Å². The predicted octanol–water partition coefficient (Wildman–Crippen LogP) is 2.88. The van der Waals surface area contributed by atoms with E-state index in [1.807, 2.05) is 12.4 Å². The SMILES string of the molecule is Cc1ccccc1-c1cnc(C2CCCN2)nc1. The van der Waals surface area contributed by atoms with Crippen LogP contribution in [0, 0.1) is 6.92 Å². The Balaban J connectivity index is 1.89. The largest absolute Gasteiger partial charge is 0.307 e. The van der Waals surface area contributed by atoms with E-state index in [-0.39, 0.29) is 0 Å². The number of nitrogens with one attached hydrogen (secondary N) is 1. The molecule has 1 saturated heterocycles. The molecule has 18 heavy (non-hydrogen) atoms. The van der Waals surface area contributed by atoms with Crippen LogP contribution in [0.25, 0.3) is 11.1 Å². The average Bonchev–Trinajstić information content (AvgIpc) is 2.94. The second-order valence-electron chi connectivity index (χ2n) is 4.79. The van der Waals surface area contributed by atoms with Crippen molar-refractivity contribution in [1.29, 1.82) is 0 Å². The lowest BCUT2D eigenvalue weighted by Gasteiger charge is -2.09. The van der Waals surface area contributed by atoms with E-state index in [0.29, 0.717) is 6.04 Å². The van der Waals surface area contributed by atoms with E-state index in [4.69, 9.17) is 0 Å². The molecule has 1 aromatic heterocycles. The van der Waals surface area contributed by atoms with Crippen molar-refractivity contribution in [3.8, 4) is 11.1 Å². The summed E-state index contributed by atoms with van der Waals surface area (Å²) >= 11 is 0. The molecule has 2 aromatic rings. The number of aromatic nitrogens is 2. The van der Waals surface area contributed by atoms with Crippen molar-refractivity contribution in [3.05, 3.63) is 48.0 Å². The Morgan fingerprint density at radius 3 is 2.61 bits per heavy atom. The fourth-order valence-electron chi connectivity index (χ4n) is 2.46. The quantitative estimate of drug-likeness (QED) is 0.875. The summed E-state index contributed by atoms with van der Waals surface area (Å²) in [6.07, 6.45) is 6.23. The molecule has 3 nitrogen and oxygen atoms in total. The number of rotatable bonds is 2.